The first-order chi connectivity index (χ1) is 11.1. The van der Waals surface area contributed by atoms with Gasteiger partial charge in [-0.15, -0.1) is 0 Å². The van der Waals surface area contributed by atoms with Crippen molar-refractivity contribution in [3.63, 3.8) is 0 Å². The van der Waals surface area contributed by atoms with Gasteiger partial charge in [-0.1, -0.05) is 6.07 Å². The van der Waals surface area contributed by atoms with Crippen LogP contribution in [0.2, 0.25) is 0 Å². The molecule has 0 aliphatic carbocycles. The van der Waals surface area contributed by atoms with Crippen LogP contribution >= 0.6 is 0 Å². The summed E-state index contributed by atoms with van der Waals surface area (Å²) in [5.41, 5.74) is 1.84. The van der Waals surface area contributed by atoms with Crippen molar-refractivity contribution < 1.29 is 4.79 Å². The lowest BCUT2D eigenvalue weighted by Gasteiger charge is -2.16. The first kappa shape index (κ1) is 15.3. The van der Waals surface area contributed by atoms with Crippen LogP contribution in [-0.4, -0.2) is 33.9 Å². The van der Waals surface area contributed by atoms with Gasteiger partial charge < -0.3 is 10.2 Å². The van der Waals surface area contributed by atoms with Crippen LogP contribution in [-0.2, 0) is 13.6 Å². The van der Waals surface area contributed by atoms with E-state index in [9.17, 15) is 4.79 Å². The Balaban J connectivity index is 1.51. The Labute approximate surface area is 135 Å². The molecule has 3 rings (SSSR count). The highest BCUT2D eigenvalue weighted by molar-refractivity contribution is 5.88. The highest BCUT2D eigenvalue weighted by Gasteiger charge is 2.13. The van der Waals surface area contributed by atoms with E-state index in [0.29, 0.717) is 12.4 Å². The molecule has 2 aromatic rings. The molecule has 0 atom stereocenters. The maximum Gasteiger partial charge on any atom is 0.320 e. The standard InChI is InChI=1S/C16H22N6O/c1-12-9-15(21(2)20-12)19-16(23)18-11-13-5-6-14(17-10-13)22-7-3-4-8-22/h5-6,9-10H,3-4,7-8,11H2,1-2H3,(H2,18,19,23). The monoisotopic (exact) mass is 314 g/mol. The Bertz CT molecular complexity index is 672. The van der Waals surface area contributed by atoms with E-state index in [0.717, 1.165) is 30.2 Å². The van der Waals surface area contributed by atoms with Crippen LogP contribution in [0.4, 0.5) is 16.4 Å². The van der Waals surface area contributed by atoms with Crippen molar-refractivity contribution in [1.82, 2.24) is 20.1 Å². The van der Waals surface area contributed by atoms with Crippen molar-refractivity contribution >= 4 is 17.7 Å². The zero-order valence-electron chi connectivity index (χ0n) is 13.5. The molecule has 23 heavy (non-hydrogen) atoms. The number of urea groups is 1. The van der Waals surface area contributed by atoms with Crippen LogP contribution in [0.5, 0.6) is 0 Å². The molecule has 0 aromatic carbocycles. The van der Waals surface area contributed by atoms with Crippen LogP contribution in [0.3, 0.4) is 0 Å². The molecule has 2 N–H and O–H groups in total. The second-order valence-electron chi connectivity index (χ2n) is 5.82. The molecule has 2 amide bonds. The largest absolute Gasteiger partial charge is 0.357 e. The quantitative estimate of drug-likeness (QED) is 0.905. The number of carbonyl (C=O) groups excluding carboxylic acids is 1. The lowest BCUT2D eigenvalue weighted by atomic mass is 10.3. The Morgan fingerprint density at radius 3 is 2.70 bits per heavy atom. The Morgan fingerprint density at radius 2 is 2.09 bits per heavy atom. The smallest absolute Gasteiger partial charge is 0.320 e. The van der Waals surface area contributed by atoms with Gasteiger partial charge in [-0.2, -0.15) is 5.10 Å². The van der Waals surface area contributed by atoms with Crippen LogP contribution < -0.4 is 15.5 Å². The lowest BCUT2D eigenvalue weighted by molar-refractivity contribution is 0.251. The molecule has 2 aromatic heterocycles. The predicted octanol–water partition coefficient (Wildman–Crippen LogP) is 2.05. The van der Waals surface area contributed by atoms with Gasteiger partial charge in [0.1, 0.15) is 11.6 Å². The van der Waals surface area contributed by atoms with Gasteiger partial charge in [0.2, 0.25) is 0 Å². The molecule has 3 heterocycles. The summed E-state index contributed by atoms with van der Waals surface area (Å²) in [6.45, 7) is 4.49. The molecule has 1 aliphatic rings. The van der Waals surface area contributed by atoms with Crippen LogP contribution in [0.1, 0.15) is 24.1 Å². The Morgan fingerprint density at radius 1 is 1.30 bits per heavy atom. The normalized spacial score (nSPS) is 14.1. The van der Waals surface area contributed by atoms with E-state index in [1.807, 2.05) is 31.3 Å². The molecule has 0 saturated carbocycles. The van der Waals surface area contributed by atoms with Crippen molar-refractivity contribution in [1.29, 1.82) is 0 Å². The number of aromatic nitrogens is 3. The van der Waals surface area contributed by atoms with Crippen LogP contribution in [0.25, 0.3) is 0 Å². The fraction of sp³-hybridized carbons (Fsp3) is 0.438. The van der Waals surface area contributed by atoms with E-state index in [1.54, 1.807) is 11.7 Å². The van der Waals surface area contributed by atoms with E-state index in [4.69, 9.17) is 0 Å². The average molecular weight is 314 g/mol. The molecule has 1 fully saturated rings. The molecule has 122 valence electrons. The predicted molar refractivity (Wildman–Crippen MR) is 89.5 cm³/mol. The van der Waals surface area contributed by atoms with Gasteiger partial charge in [-0.05, 0) is 31.4 Å². The molecule has 0 unspecified atom stereocenters. The van der Waals surface area contributed by atoms with Crippen LogP contribution in [0, 0.1) is 6.92 Å². The highest BCUT2D eigenvalue weighted by Crippen LogP contribution is 2.17. The van der Waals surface area contributed by atoms with Crippen molar-refractivity contribution in [2.45, 2.75) is 26.3 Å². The Hall–Kier alpha value is -2.57. The minimum Gasteiger partial charge on any atom is -0.357 e. The summed E-state index contributed by atoms with van der Waals surface area (Å²) < 4.78 is 1.64. The maximum atomic E-state index is 11.9. The highest BCUT2D eigenvalue weighted by atomic mass is 16.2. The van der Waals surface area contributed by atoms with Crippen molar-refractivity contribution in [3.05, 3.63) is 35.7 Å². The second-order valence-corrected chi connectivity index (χ2v) is 5.82. The molecule has 0 spiro atoms. The summed E-state index contributed by atoms with van der Waals surface area (Å²) in [6.07, 6.45) is 4.29. The number of amides is 2. The van der Waals surface area contributed by atoms with Gasteiger partial charge in [0, 0.05) is 38.9 Å². The summed E-state index contributed by atoms with van der Waals surface area (Å²) in [5.74, 6) is 1.68. The topological polar surface area (TPSA) is 75.1 Å². The van der Waals surface area contributed by atoms with E-state index < -0.39 is 0 Å². The summed E-state index contributed by atoms with van der Waals surface area (Å²) in [7, 11) is 1.80. The zero-order chi connectivity index (χ0) is 16.2. The molecule has 1 saturated heterocycles. The second kappa shape index (κ2) is 6.68. The SMILES string of the molecule is Cc1cc(NC(=O)NCc2ccc(N3CCCC3)nc2)n(C)n1. The molecular formula is C16H22N6O. The number of rotatable bonds is 4. The third-order valence-electron chi connectivity index (χ3n) is 3.94. The number of hydrogen-bond donors (Lipinski definition) is 2. The number of aryl methyl sites for hydroxylation is 2. The average Bonchev–Trinajstić information content (AvgIpc) is 3.16. The molecule has 0 radical (unpaired) electrons. The molecule has 1 aliphatic heterocycles. The Kier molecular flexibility index (Phi) is 4.45. The summed E-state index contributed by atoms with van der Waals surface area (Å²) in [5, 5.41) is 9.80. The minimum absolute atomic E-state index is 0.253. The molecule has 7 heteroatoms. The number of nitrogens with zero attached hydrogens (tertiary/aromatic N) is 4. The minimum atomic E-state index is -0.253. The fourth-order valence-electron chi connectivity index (χ4n) is 2.73. The van der Waals surface area contributed by atoms with Gasteiger partial charge in [0.25, 0.3) is 0 Å². The van der Waals surface area contributed by atoms with Crippen molar-refractivity contribution in [3.8, 4) is 0 Å². The third kappa shape index (κ3) is 3.80. The first-order valence-electron chi connectivity index (χ1n) is 7.87. The van der Waals surface area contributed by atoms with E-state index in [1.165, 1.54) is 12.8 Å². The number of hydrogen-bond acceptors (Lipinski definition) is 4. The molecule has 7 nitrogen and oxygen atoms in total. The molecular weight excluding hydrogens is 292 g/mol. The van der Waals surface area contributed by atoms with Crippen LogP contribution in [0.15, 0.2) is 24.4 Å². The number of anilines is 2. The van der Waals surface area contributed by atoms with Gasteiger partial charge in [0.15, 0.2) is 0 Å². The van der Waals surface area contributed by atoms with Gasteiger partial charge in [-0.3, -0.25) is 10.00 Å². The number of pyridine rings is 1. The third-order valence-corrected chi connectivity index (χ3v) is 3.94. The number of carbonyl (C=O) groups is 1. The maximum absolute atomic E-state index is 11.9. The van der Waals surface area contributed by atoms with Crippen molar-refractivity contribution in [2.24, 2.45) is 7.05 Å². The van der Waals surface area contributed by atoms with Gasteiger partial charge in [-0.25, -0.2) is 9.78 Å². The van der Waals surface area contributed by atoms with E-state index >= 15 is 0 Å². The molecule has 0 bridgehead atoms. The summed E-state index contributed by atoms with van der Waals surface area (Å²) >= 11 is 0. The summed E-state index contributed by atoms with van der Waals surface area (Å²) in [4.78, 5) is 18.7. The lowest BCUT2D eigenvalue weighted by Crippen LogP contribution is -2.29. The van der Waals surface area contributed by atoms with E-state index in [-0.39, 0.29) is 6.03 Å². The van der Waals surface area contributed by atoms with Gasteiger partial charge in [0.05, 0.1) is 5.69 Å². The first-order valence-corrected chi connectivity index (χ1v) is 7.87. The van der Waals surface area contributed by atoms with Gasteiger partial charge >= 0.3 is 6.03 Å². The van der Waals surface area contributed by atoms with Crippen molar-refractivity contribution in [2.75, 3.05) is 23.3 Å². The van der Waals surface area contributed by atoms with E-state index in [2.05, 4.69) is 25.6 Å². The zero-order valence-corrected chi connectivity index (χ0v) is 13.5. The number of nitrogens with one attached hydrogen (secondary N) is 2. The fourth-order valence-corrected chi connectivity index (χ4v) is 2.73. The summed E-state index contributed by atoms with van der Waals surface area (Å²) in [6, 6.07) is 5.60.